The van der Waals surface area contributed by atoms with Crippen LogP contribution in [-0.4, -0.2) is 22.2 Å². The number of carboxylic acid groups (broad SMARTS) is 1. The van der Waals surface area contributed by atoms with Crippen molar-refractivity contribution >= 4 is 11.8 Å². The maximum Gasteiger partial charge on any atom is 0.404 e. The molecular formula is C20H18FN3O3. The van der Waals surface area contributed by atoms with E-state index in [1.807, 2.05) is 6.08 Å². The van der Waals surface area contributed by atoms with Crippen LogP contribution in [0.2, 0.25) is 0 Å². The van der Waals surface area contributed by atoms with Gasteiger partial charge in [0.05, 0.1) is 5.56 Å². The Labute approximate surface area is 155 Å². The number of nitrogens with zero attached hydrogens (tertiary/aromatic N) is 1. The molecule has 1 unspecified atom stereocenters. The first-order valence-electron chi connectivity index (χ1n) is 8.38. The van der Waals surface area contributed by atoms with Crippen molar-refractivity contribution < 1.29 is 19.0 Å². The molecule has 1 heterocycles. The summed E-state index contributed by atoms with van der Waals surface area (Å²) in [6, 6.07) is 5.73. The largest absolute Gasteiger partial charge is 0.465 e. The molecule has 27 heavy (non-hydrogen) atoms. The highest BCUT2D eigenvalue weighted by molar-refractivity contribution is 5.65. The fourth-order valence-corrected chi connectivity index (χ4v) is 2.68. The van der Waals surface area contributed by atoms with Crippen LogP contribution in [0.25, 0.3) is 0 Å². The van der Waals surface area contributed by atoms with Gasteiger partial charge in [0, 0.05) is 36.3 Å². The summed E-state index contributed by atoms with van der Waals surface area (Å²) in [6.07, 6.45) is 5.97. The minimum Gasteiger partial charge on any atom is -0.465 e. The van der Waals surface area contributed by atoms with E-state index in [-0.39, 0.29) is 11.8 Å². The van der Waals surface area contributed by atoms with Gasteiger partial charge in [0.2, 0.25) is 0 Å². The van der Waals surface area contributed by atoms with Crippen LogP contribution in [0, 0.1) is 17.7 Å². The monoisotopic (exact) mass is 367 g/mol. The summed E-state index contributed by atoms with van der Waals surface area (Å²) >= 11 is 0. The van der Waals surface area contributed by atoms with Gasteiger partial charge in [-0.3, -0.25) is 4.98 Å². The van der Waals surface area contributed by atoms with E-state index in [0.29, 0.717) is 36.3 Å². The van der Waals surface area contributed by atoms with Crippen LogP contribution in [0.4, 0.5) is 14.9 Å². The first kappa shape index (κ1) is 18.3. The Morgan fingerprint density at radius 3 is 2.89 bits per heavy atom. The molecular weight excluding hydrogens is 349 g/mol. The third-order valence-corrected chi connectivity index (χ3v) is 4.05. The number of amides is 1. The van der Waals surface area contributed by atoms with Gasteiger partial charge in [0.25, 0.3) is 0 Å². The molecule has 0 saturated heterocycles. The van der Waals surface area contributed by atoms with Gasteiger partial charge in [-0.15, -0.1) is 0 Å². The van der Waals surface area contributed by atoms with Crippen molar-refractivity contribution in [3.8, 4) is 23.3 Å². The van der Waals surface area contributed by atoms with Gasteiger partial charge >= 0.3 is 6.09 Å². The molecule has 0 spiro atoms. The summed E-state index contributed by atoms with van der Waals surface area (Å²) in [5, 5.41) is 11.2. The van der Waals surface area contributed by atoms with Crippen molar-refractivity contribution in [3.05, 3.63) is 59.7 Å². The fourth-order valence-electron chi connectivity index (χ4n) is 2.68. The maximum atomic E-state index is 14.0. The molecule has 6 nitrogen and oxygen atoms in total. The van der Waals surface area contributed by atoms with Crippen LogP contribution >= 0.6 is 0 Å². The quantitative estimate of drug-likeness (QED) is 0.568. The number of nitrogens with one attached hydrogen (secondary N) is 1. The smallest absolute Gasteiger partial charge is 0.404 e. The molecule has 7 heteroatoms. The molecule has 1 aliphatic rings. The van der Waals surface area contributed by atoms with Crippen LogP contribution in [0.5, 0.6) is 11.5 Å². The van der Waals surface area contributed by atoms with E-state index in [1.54, 1.807) is 18.3 Å². The summed E-state index contributed by atoms with van der Waals surface area (Å²) in [7, 11) is 0. The minimum atomic E-state index is -1.02. The van der Waals surface area contributed by atoms with Crippen molar-refractivity contribution in [2.45, 2.75) is 25.3 Å². The average Bonchev–Trinajstić information content (AvgIpc) is 2.64. The molecule has 1 aromatic carbocycles. The number of rotatable bonds is 3. The van der Waals surface area contributed by atoms with E-state index in [0.717, 1.165) is 5.57 Å². The predicted octanol–water partition coefficient (Wildman–Crippen LogP) is 3.69. The number of halogens is 1. The van der Waals surface area contributed by atoms with Gasteiger partial charge in [-0.05, 0) is 37.0 Å². The third-order valence-electron chi connectivity index (χ3n) is 4.05. The van der Waals surface area contributed by atoms with Crippen molar-refractivity contribution in [3.63, 3.8) is 0 Å². The van der Waals surface area contributed by atoms with Crippen LogP contribution in [0.15, 0.2) is 48.3 Å². The van der Waals surface area contributed by atoms with E-state index in [2.05, 4.69) is 22.1 Å². The van der Waals surface area contributed by atoms with E-state index < -0.39 is 11.9 Å². The lowest BCUT2D eigenvalue weighted by Gasteiger charge is -2.19. The number of anilines is 1. The Morgan fingerprint density at radius 1 is 1.33 bits per heavy atom. The zero-order chi connectivity index (χ0) is 19.2. The zero-order valence-electron chi connectivity index (χ0n) is 14.4. The number of carbonyl (C=O) groups is 1. The van der Waals surface area contributed by atoms with Crippen molar-refractivity contribution in [2.24, 2.45) is 0 Å². The SMILES string of the molecule is Nc1ccc(Oc2ccncc2C#CC2=CCC(NC(=O)O)CC2)c(F)c1. The lowest BCUT2D eigenvalue weighted by atomic mass is 9.95. The molecule has 2 aromatic rings. The van der Waals surface area contributed by atoms with Gasteiger partial charge in [-0.25, -0.2) is 9.18 Å². The Morgan fingerprint density at radius 2 is 2.19 bits per heavy atom. The van der Waals surface area contributed by atoms with Gasteiger partial charge in [0.1, 0.15) is 5.75 Å². The average molecular weight is 367 g/mol. The number of ether oxygens (including phenoxy) is 1. The Balaban J connectivity index is 1.75. The standard InChI is InChI=1S/C20H18FN3O3/c21-17-11-15(22)5-8-19(17)27-18-9-10-23-12-14(18)4-1-13-2-6-16(7-3-13)24-20(25)26/h2,5,8-12,16,24H,3,6-7,22H2,(H,25,26). The lowest BCUT2D eigenvalue weighted by Crippen LogP contribution is -2.34. The van der Waals surface area contributed by atoms with Crippen molar-refractivity contribution in [2.75, 3.05) is 5.73 Å². The third kappa shape index (κ3) is 4.98. The maximum absolute atomic E-state index is 14.0. The summed E-state index contributed by atoms with van der Waals surface area (Å²) in [5.41, 5.74) is 7.31. The zero-order valence-corrected chi connectivity index (χ0v) is 14.4. The minimum absolute atomic E-state index is 0.0536. The Bertz CT molecular complexity index is 947. The molecule has 138 valence electrons. The number of aromatic nitrogens is 1. The molecule has 1 atom stereocenters. The normalized spacial score (nSPS) is 15.9. The first-order valence-corrected chi connectivity index (χ1v) is 8.38. The summed E-state index contributed by atoms with van der Waals surface area (Å²) in [4.78, 5) is 14.7. The highest BCUT2D eigenvalue weighted by Crippen LogP contribution is 2.28. The van der Waals surface area contributed by atoms with E-state index in [4.69, 9.17) is 15.6 Å². The van der Waals surface area contributed by atoms with E-state index >= 15 is 0 Å². The number of nitrogen functional groups attached to an aromatic ring is 1. The van der Waals surface area contributed by atoms with Crippen LogP contribution < -0.4 is 15.8 Å². The molecule has 0 saturated carbocycles. The molecule has 1 aliphatic carbocycles. The first-order chi connectivity index (χ1) is 13.0. The fraction of sp³-hybridized carbons (Fsp3) is 0.200. The van der Waals surface area contributed by atoms with Gasteiger partial charge in [-0.2, -0.15) is 0 Å². The second-order valence-corrected chi connectivity index (χ2v) is 6.06. The predicted molar refractivity (Wildman–Crippen MR) is 98.9 cm³/mol. The lowest BCUT2D eigenvalue weighted by molar-refractivity contribution is 0.189. The topological polar surface area (TPSA) is 97.5 Å². The number of allylic oxidation sites excluding steroid dienone is 1. The second kappa shape index (κ2) is 8.23. The molecule has 1 aromatic heterocycles. The molecule has 0 bridgehead atoms. The second-order valence-electron chi connectivity index (χ2n) is 6.06. The Kier molecular flexibility index (Phi) is 5.57. The van der Waals surface area contributed by atoms with Crippen LogP contribution in [-0.2, 0) is 0 Å². The molecule has 1 amide bonds. The number of nitrogens with two attached hydrogens (primary N) is 1. The highest BCUT2D eigenvalue weighted by Gasteiger charge is 2.15. The molecule has 3 rings (SSSR count). The number of hydrogen-bond acceptors (Lipinski definition) is 4. The van der Waals surface area contributed by atoms with Gasteiger partial charge < -0.3 is 20.9 Å². The van der Waals surface area contributed by atoms with Gasteiger partial charge in [-0.1, -0.05) is 17.9 Å². The summed E-state index contributed by atoms with van der Waals surface area (Å²) in [6.45, 7) is 0. The van der Waals surface area contributed by atoms with Gasteiger partial charge in [0.15, 0.2) is 11.6 Å². The summed E-state index contributed by atoms with van der Waals surface area (Å²) < 4.78 is 19.6. The van der Waals surface area contributed by atoms with Crippen LogP contribution in [0.3, 0.4) is 0 Å². The van der Waals surface area contributed by atoms with Crippen molar-refractivity contribution in [1.29, 1.82) is 0 Å². The van der Waals surface area contributed by atoms with Crippen molar-refractivity contribution in [1.82, 2.24) is 10.3 Å². The molecule has 0 fully saturated rings. The van der Waals surface area contributed by atoms with E-state index in [1.165, 1.54) is 18.3 Å². The number of hydrogen-bond donors (Lipinski definition) is 3. The molecule has 0 aliphatic heterocycles. The van der Waals surface area contributed by atoms with E-state index in [9.17, 15) is 9.18 Å². The molecule has 4 N–H and O–H groups in total. The Hall–Kier alpha value is -3.53. The van der Waals surface area contributed by atoms with Crippen LogP contribution in [0.1, 0.15) is 24.8 Å². The number of benzene rings is 1. The molecule has 0 radical (unpaired) electrons. The number of pyridine rings is 1. The highest BCUT2D eigenvalue weighted by atomic mass is 19.1. The summed E-state index contributed by atoms with van der Waals surface area (Å²) in [5.74, 6) is 5.95.